The van der Waals surface area contributed by atoms with Crippen molar-refractivity contribution >= 4 is 11.3 Å². The van der Waals surface area contributed by atoms with E-state index in [1.54, 1.807) is 5.51 Å². The molecular formula is C12H14N4OS. The molecule has 2 bridgehead atoms. The molecule has 2 aliphatic rings. The van der Waals surface area contributed by atoms with Crippen LogP contribution in [0.1, 0.15) is 31.1 Å². The van der Waals surface area contributed by atoms with Gasteiger partial charge in [0.1, 0.15) is 5.69 Å². The van der Waals surface area contributed by atoms with E-state index in [1.165, 1.54) is 30.6 Å². The predicted molar refractivity (Wildman–Crippen MR) is 67.0 cm³/mol. The molecule has 0 spiro atoms. The molecule has 0 radical (unpaired) electrons. The zero-order valence-electron chi connectivity index (χ0n) is 9.82. The second-order valence-corrected chi connectivity index (χ2v) is 5.98. The molecule has 2 saturated carbocycles. The van der Waals surface area contributed by atoms with E-state index < -0.39 is 0 Å². The molecule has 0 saturated heterocycles. The Kier molecular flexibility index (Phi) is 2.28. The van der Waals surface area contributed by atoms with Gasteiger partial charge < -0.3 is 10.3 Å². The Morgan fingerprint density at radius 3 is 2.94 bits per heavy atom. The molecule has 4 atom stereocenters. The number of hydrogen-bond donors (Lipinski definition) is 1. The van der Waals surface area contributed by atoms with E-state index in [-0.39, 0.29) is 12.0 Å². The van der Waals surface area contributed by atoms with Gasteiger partial charge in [0.15, 0.2) is 0 Å². The lowest BCUT2D eigenvalue weighted by atomic mass is 9.85. The molecule has 2 aromatic rings. The largest absolute Gasteiger partial charge is 0.339 e. The zero-order valence-corrected chi connectivity index (χ0v) is 10.6. The maximum atomic E-state index is 6.28. The van der Waals surface area contributed by atoms with Crippen LogP contribution in [0, 0.1) is 11.8 Å². The van der Waals surface area contributed by atoms with Gasteiger partial charge in [-0.05, 0) is 31.1 Å². The van der Waals surface area contributed by atoms with Gasteiger partial charge in [-0.25, -0.2) is 4.98 Å². The van der Waals surface area contributed by atoms with Crippen LogP contribution in [0.25, 0.3) is 11.5 Å². The fourth-order valence-electron chi connectivity index (χ4n) is 3.50. The van der Waals surface area contributed by atoms with Crippen molar-refractivity contribution in [2.45, 2.75) is 31.2 Å². The van der Waals surface area contributed by atoms with Crippen LogP contribution < -0.4 is 5.73 Å². The van der Waals surface area contributed by atoms with Crippen LogP contribution in [-0.4, -0.2) is 21.2 Å². The Hall–Kier alpha value is -1.27. The van der Waals surface area contributed by atoms with Crippen LogP contribution in [0.4, 0.5) is 0 Å². The van der Waals surface area contributed by atoms with E-state index in [0.29, 0.717) is 23.6 Å². The van der Waals surface area contributed by atoms with Crippen LogP contribution in [0.3, 0.4) is 0 Å². The Morgan fingerprint density at radius 1 is 1.33 bits per heavy atom. The second kappa shape index (κ2) is 3.86. The predicted octanol–water partition coefficient (Wildman–Crippen LogP) is 2.03. The van der Waals surface area contributed by atoms with E-state index in [1.807, 2.05) is 5.38 Å². The van der Waals surface area contributed by atoms with Crippen molar-refractivity contribution in [1.29, 1.82) is 0 Å². The molecule has 0 amide bonds. The van der Waals surface area contributed by atoms with Gasteiger partial charge in [-0.2, -0.15) is 4.98 Å². The monoisotopic (exact) mass is 262 g/mol. The third kappa shape index (κ3) is 1.45. The Labute approximate surface area is 108 Å². The molecule has 2 N–H and O–H groups in total. The van der Waals surface area contributed by atoms with Crippen molar-refractivity contribution in [2.75, 3.05) is 0 Å². The van der Waals surface area contributed by atoms with Crippen LogP contribution in [0.15, 0.2) is 15.4 Å². The molecule has 0 aromatic carbocycles. The fraction of sp³-hybridized carbons (Fsp3) is 0.583. The minimum Gasteiger partial charge on any atom is -0.339 e. The van der Waals surface area contributed by atoms with E-state index in [0.717, 1.165) is 5.69 Å². The van der Waals surface area contributed by atoms with Gasteiger partial charge in [0.25, 0.3) is 0 Å². The van der Waals surface area contributed by atoms with Crippen molar-refractivity contribution in [3.05, 3.63) is 16.8 Å². The SMILES string of the molecule is NC1C2CCC(C2)C1c1nc(-c2cscn2)no1. The van der Waals surface area contributed by atoms with E-state index >= 15 is 0 Å². The Morgan fingerprint density at radius 2 is 2.22 bits per heavy atom. The highest BCUT2D eigenvalue weighted by atomic mass is 32.1. The van der Waals surface area contributed by atoms with Gasteiger partial charge in [0.2, 0.25) is 11.7 Å². The number of nitrogens with two attached hydrogens (primary N) is 1. The molecule has 18 heavy (non-hydrogen) atoms. The van der Waals surface area contributed by atoms with E-state index in [4.69, 9.17) is 10.3 Å². The molecule has 94 valence electrons. The first kappa shape index (κ1) is 10.6. The summed E-state index contributed by atoms with van der Waals surface area (Å²) >= 11 is 1.53. The summed E-state index contributed by atoms with van der Waals surface area (Å²) in [7, 11) is 0. The lowest BCUT2D eigenvalue weighted by Gasteiger charge is -2.24. The number of aromatic nitrogens is 3. The van der Waals surface area contributed by atoms with Gasteiger partial charge in [0.05, 0.1) is 11.4 Å². The summed E-state index contributed by atoms with van der Waals surface area (Å²) in [5, 5.41) is 5.95. The Bertz CT molecular complexity index is 550. The summed E-state index contributed by atoms with van der Waals surface area (Å²) in [5.41, 5.74) is 8.84. The van der Waals surface area contributed by atoms with Crippen molar-refractivity contribution in [3.63, 3.8) is 0 Å². The van der Waals surface area contributed by atoms with Gasteiger partial charge in [-0.3, -0.25) is 0 Å². The highest BCUT2D eigenvalue weighted by Gasteiger charge is 2.48. The normalized spacial score (nSPS) is 34.3. The maximum Gasteiger partial charge on any atom is 0.231 e. The van der Waals surface area contributed by atoms with E-state index in [9.17, 15) is 0 Å². The lowest BCUT2D eigenvalue weighted by molar-refractivity contribution is 0.279. The van der Waals surface area contributed by atoms with Gasteiger partial charge in [0, 0.05) is 11.4 Å². The van der Waals surface area contributed by atoms with Crippen molar-refractivity contribution in [2.24, 2.45) is 17.6 Å². The highest BCUT2D eigenvalue weighted by molar-refractivity contribution is 7.07. The third-order valence-corrected chi connectivity index (χ3v) is 4.96. The molecular weight excluding hydrogens is 248 g/mol. The van der Waals surface area contributed by atoms with Crippen LogP contribution in [-0.2, 0) is 0 Å². The fourth-order valence-corrected chi connectivity index (χ4v) is 4.03. The third-order valence-electron chi connectivity index (χ3n) is 4.37. The smallest absolute Gasteiger partial charge is 0.231 e. The molecule has 2 heterocycles. The summed E-state index contributed by atoms with van der Waals surface area (Å²) in [4.78, 5) is 8.69. The standard InChI is InChI=1S/C12H14N4OS/c13-10-7-2-1-6(3-7)9(10)12-15-11(16-17-12)8-4-18-5-14-8/h4-7,9-10H,1-3,13H2. The van der Waals surface area contributed by atoms with Crippen molar-refractivity contribution < 1.29 is 4.52 Å². The quantitative estimate of drug-likeness (QED) is 0.896. The molecule has 2 aromatic heterocycles. The second-order valence-electron chi connectivity index (χ2n) is 5.27. The number of thiazole rings is 1. The van der Waals surface area contributed by atoms with Crippen molar-refractivity contribution in [3.8, 4) is 11.5 Å². The van der Waals surface area contributed by atoms with E-state index in [2.05, 4.69) is 15.1 Å². The molecule has 5 nitrogen and oxygen atoms in total. The average molecular weight is 262 g/mol. The summed E-state index contributed by atoms with van der Waals surface area (Å²) in [6.45, 7) is 0. The maximum absolute atomic E-state index is 6.28. The zero-order chi connectivity index (χ0) is 12.1. The topological polar surface area (TPSA) is 77.8 Å². The first-order valence-corrected chi connectivity index (χ1v) is 7.25. The molecule has 6 heteroatoms. The molecule has 4 unspecified atom stereocenters. The minimum atomic E-state index is 0.187. The average Bonchev–Trinajstić information content (AvgIpc) is 3.13. The molecule has 0 aliphatic heterocycles. The van der Waals surface area contributed by atoms with Crippen LogP contribution >= 0.6 is 11.3 Å². The van der Waals surface area contributed by atoms with Gasteiger partial charge in [-0.1, -0.05) is 5.16 Å². The Balaban J connectivity index is 1.66. The summed E-state index contributed by atoms with van der Waals surface area (Å²) < 4.78 is 5.42. The first-order chi connectivity index (χ1) is 8.83. The number of fused-ring (bicyclic) bond motifs is 2. The molecule has 4 rings (SSSR count). The highest BCUT2D eigenvalue weighted by Crippen LogP contribution is 2.51. The summed E-state index contributed by atoms with van der Waals surface area (Å²) in [6, 6.07) is 0.187. The first-order valence-electron chi connectivity index (χ1n) is 6.30. The molecule has 2 aliphatic carbocycles. The van der Waals surface area contributed by atoms with Gasteiger partial charge >= 0.3 is 0 Å². The lowest BCUT2D eigenvalue weighted by Crippen LogP contribution is -2.34. The van der Waals surface area contributed by atoms with Gasteiger partial charge in [-0.15, -0.1) is 11.3 Å². The summed E-state index contributed by atoms with van der Waals surface area (Å²) in [6.07, 6.45) is 3.73. The van der Waals surface area contributed by atoms with Crippen LogP contribution in [0.2, 0.25) is 0 Å². The number of nitrogens with zero attached hydrogens (tertiary/aromatic N) is 3. The van der Waals surface area contributed by atoms with Crippen molar-refractivity contribution in [1.82, 2.24) is 15.1 Å². The minimum absolute atomic E-state index is 0.187. The summed E-state index contributed by atoms with van der Waals surface area (Å²) in [5.74, 6) is 2.82. The molecule has 2 fully saturated rings. The van der Waals surface area contributed by atoms with Crippen LogP contribution in [0.5, 0.6) is 0 Å². The number of rotatable bonds is 2. The number of hydrogen-bond acceptors (Lipinski definition) is 6.